The molecule has 1 aromatic rings. The number of hydrogen-bond donors (Lipinski definition) is 2. The minimum absolute atomic E-state index is 0.516. The lowest BCUT2D eigenvalue weighted by Crippen LogP contribution is -2.16. The summed E-state index contributed by atoms with van der Waals surface area (Å²) < 4.78 is 5.36. The first-order chi connectivity index (χ1) is 8.40. The van der Waals surface area contributed by atoms with E-state index in [4.69, 9.17) is 10.5 Å². The molecule has 0 saturated carbocycles. The van der Waals surface area contributed by atoms with Gasteiger partial charge in [-0.3, -0.25) is 0 Å². The molecule has 0 atom stereocenters. The van der Waals surface area contributed by atoms with Crippen molar-refractivity contribution in [3.8, 4) is 0 Å². The second-order valence-electron chi connectivity index (χ2n) is 4.28. The van der Waals surface area contributed by atoms with E-state index >= 15 is 0 Å². The highest BCUT2D eigenvalue weighted by Crippen LogP contribution is 2.25. The van der Waals surface area contributed by atoms with E-state index in [0.717, 1.165) is 50.5 Å². The van der Waals surface area contributed by atoms with E-state index in [9.17, 15) is 0 Å². The van der Waals surface area contributed by atoms with Crippen LogP contribution < -0.4 is 11.1 Å². The van der Waals surface area contributed by atoms with Crippen molar-refractivity contribution in [1.82, 2.24) is 9.97 Å². The molecule has 1 saturated heterocycles. The van der Waals surface area contributed by atoms with Gasteiger partial charge in [-0.15, -0.1) is 0 Å². The van der Waals surface area contributed by atoms with Gasteiger partial charge in [0.1, 0.15) is 12.1 Å². The van der Waals surface area contributed by atoms with Gasteiger partial charge in [0.05, 0.1) is 0 Å². The minimum atomic E-state index is 0.516. The number of hydrogen-bond acceptors (Lipinski definition) is 5. The lowest BCUT2D eigenvalue weighted by molar-refractivity contribution is 0.0845. The molecule has 0 radical (unpaired) electrons. The smallest absolute Gasteiger partial charge is 0.129 e. The van der Waals surface area contributed by atoms with Crippen molar-refractivity contribution in [3.63, 3.8) is 0 Å². The maximum absolute atomic E-state index is 5.45. The Bertz CT molecular complexity index is 339. The van der Waals surface area contributed by atoms with Crippen LogP contribution in [0.5, 0.6) is 0 Å². The molecule has 1 aliphatic heterocycles. The molecular formula is C12H20N4O. The van der Waals surface area contributed by atoms with Crippen LogP contribution in [0.25, 0.3) is 0 Å². The van der Waals surface area contributed by atoms with Crippen LogP contribution in [0.3, 0.4) is 0 Å². The summed E-state index contributed by atoms with van der Waals surface area (Å²) in [4.78, 5) is 8.57. The summed E-state index contributed by atoms with van der Waals surface area (Å²) >= 11 is 0. The first-order valence-corrected chi connectivity index (χ1v) is 6.24. The normalized spacial score (nSPS) is 17.0. The van der Waals surface area contributed by atoms with E-state index in [0.29, 0.717) is 12.5 Å². The SMILES string of the molecule is NCCCNc1cc(C2CCOCC2)ncn1. The molecule has 0 aromatic carbocycles. The van der Waals surface area contributed by atoms with Crippen LogP contribution >= 0.6 is 0 Å². The van der Waals surface area contributed by atoms with Gasteiger partial charge in [-0.1, -0.05) is 0 Å². The lowest BCUT2D eigenvalue weighted by Gasteiger charge is -2.21. The van der Waals surface area contributed by atoms with Gasteiger partial charge < -0.3 is 15.8 Å². The van der Waals surface area contributed by atoms with Gasteiger partial charge in [0.2, 0.25) is 0 Å². The molecule has 0 spiro atoms. The molecule has 1 fully saturated rings. The number of ether oxygens (including phenoxy) is 1. The van der Waals surface area contributed by atoms with Crippen LogP contribution in [0.1, 0.15) is 30.9 Å². The van der Waals surface area contributed by atoms with Crippen molar-refractivity contribution < 1.29 is 4.74 Å². The molecule has 94 valence electrons. The maximum Gasteiger partial charge on any atom is 0.129 e. The molecule has 1 aliphatic rings. The van der Waals surface area contributed by atoms with E-state index in [1.165, 1.54) is 0 Å². The van der Waals surface area contributed by atoms with Gasteiger partial charge in [0.15, 0.2) is 0 Å². The fourth-order valence-corrected chi connectivity index (χ4v) is 2.00. The number of anilines is 1. The maximum atomic E-state index is 5.45. The van der Waals surface area contributed by atoms with Crippen LogP contribution in [0.4, 0.5) is 5.82 Å². The van der Waals surface area contributed by atoms with Crippen LogP contribution in [-0.4, -0.2) is 36.3 Å². The predicted molar refractivity (Wildman–Crippen MR) is 67.0 cm³/mol. The zero-order valence-electron chi connectivity index (χ0n) is 10.1. The van der Waals surface area contributed by atoms with Crippen molar-refractivity contribution in [1.29, 1.82) is 0 Å². The summed E-state index contributed by atoms with van der Waals surface area (Å²) in [5, 5.41) is 3.26. The second kappa shape index (κ2) is 6.51. The number of aromatic nitrogens is 2. The van der Waals surface area contributed by atoms with E-state index in [2.05, 4.69) is 15.3 Å². The Kier molecular flexibility index (Phi) is 4.70. The predicted octanol–water partition coefficient (Wildman–Crippen LogP) is 1.13. The van der Waals surface area contributed by atoms with Crippen LogP contribution in [0, 0.1) is 0 Å². The number of nitrogens with two attached hydrogens (primary N) is 1. The van der Waals surface area contributed by atoms with Crippen LogP contribution in [-0.2, 0) is 4.74 Å². The van der Waals surface area contributed by atoms with E-state index in [1.807, 2.05) is 6.07 Å². The lowest BCUT2D eigenvalue weighted by atomic mass is 9.96. The molecule has 17 heavy (non-hydrogen) atoms. The molecule has 5 nitrogen and oxygen atoms in total. The van der Waals surface area contributed by atoms with Crippen molar-refractivity contribution in [2.24, 2.45) is 5.73 Å². The van der Waals surface area contributed by atoms with Crippen molar-refractivity contribution in [3.05, 3.63) is 18.1 Å². The van der Waals surface area contributed by atoms with Crippen molar-refractivity contribution in [2.45, 2.75) is 25.2 Å². The second-order valence-corrected chi connectivity index (χ2v) is 4.28. The third-order valence-corrected chi connectivity index (χ3v) is 3.01. The highest BCUT2D eigenvalue weighted by molar-refractivity contribution is 5.35. The fraction of sp³-hybridized carbons (Fsp3) is 0.667. The molecule has 5 heteroatoms. The summed E-state index contributed by atoms with van der Waals surface area (Å²) in [6, 6.07) is 2.05. The molecule has 0 aliphatic carbocycles. The highest BCUT2D eigenvalue weighted by Gasteiger charge is 2.17. The van der Waals surface area contributed by atoms with Crippen LogP contribution in [0.2, 0.25) is 0 Å². The Morgan fingerprint density at radius 2 is 2.18 bits per heavy atom. The van der Waals surface area contributed by atoms with Gasteiger partial charge in [0.25, 0.3) is 0 Å². The zero-order valence-corrected chi connectivity index (χ0v) is 10.1. The molecule has 1 aromatic heterocycles. The molecule has 2 heterocycles. The van der Waals surface area contributed by atoms with E-state index in [1.54, 1.807) is 6.33 Å². The Morgan fingerprint density at radius 1 is 1.35 bits per heavy atom. The van der Waals surface area contributed by atoms with E-state index < -0.39 is 0 Å². The van der Waals surface area contributed by atoms with Gasteiger partial charge in [0, 0.05) is 37.4 Å². The molecule has 0 amide bonds. The molecule has 0 unspecified atom stereocenters. The summed E-state index contributed by atoms with van der Waals surface area (Å²) in [6.45, 7) is 3.24. The third-order valence-electron chi connectivity index (χ3n) is 3.01. The summed E-state index contributed by atoms with van der Waals surface area (Å²) in [7, 11) is 0. The Morgan fingerprint density at radius 3 is 2.94 bits per heavy atom. The number of rotatable bonds is 5. The molecule has 0 bridgehead atoms. The minimum Gasteiger partial charge on any atom is -0.381 e. The Labute approximate surface area is 102 Å². The topological polar surface area (TPSA) is 73.1 Å². The third kappa shape index (κ3) is 3.64. The summed E-state index contributed by atoms with van der Waals surface area (Å²) in [5.41, 5.74) is 6.58. The standard InChI is InChI=1S/C12H20N4O/c13-4-1-5-14-12-8-11(15-9-16-12)10-2-6-17-7-3-10/h8-10H,1-7,13H2,(H,14,15,16). The first kappa shape index (κ1) is 12.3. The van der Waals surface area contributed by atoms with E-state index in [-0.39, 0.29) is 0 Å². The number of nitrogens with zero attached hydrogens (tertiary/aromatic N) is 2. The van der Waals surface area contributed by atoms with Crippen LogP contribution in [0.15, 0.2) is 12.4 Å². The van der Waals surface area contributed by atoms with Gasteiger partial charge in [-0.05, 0) is 25.8 Å². The zero-order chi connectivity index (χ0) is 11.9. The average Bonchev–Trinajstić information content (AvgIpc) is 2.41. The highest BCUT2D eigenvalue weighted by atomic mass is 16.5. The van der Waals surface area contributed by atoms with Gasteiger partial charge in [-0.25, -0.2) is 9.97 Å². The summed E-state index contributed by atoms with van der Waals surface area (Å²) in [5.74, 6) is 1.41. The Hall–Kier alpha value is -1.20. The van der Waals surface area contributed by atoms with Crippen molar-refractivity contribution in [2.75, 3.05) is 31.6 Å². The van der Waals surface area contributed by atoms with Gasteiger partial charge in [-0.2, -0.15) is 0 Å². The quantitative estimate of drug-likeness (QED) is 0.750. The molecule has 3 N–H and O–H groups in total. The average molecular weight is 236 g/mol. The van der Waals surface area contributed by atoms with Gasteiger partial charge >= 0.3 is 0 Å². The monoisotopic (exact) mass is 236 g/mol. The first-order valence-electron chi connectivity index (χ1n) is 6.24. The van der Waals surface area contributed by atoms with Crippen molar-refractivity contribution >= 4 is 5.82 Å². The largest absolute Gasteiger partial charge is 0.381 e. The molecule has 2 rings (SSSR count). The summed E-state index contributed by atoms with van der Waals surface area (Å²) in [6.07, 6.45) is 4.70. The molecular weight excluding hydrogens is 216 g/mol. The number of nitrogens with one attached hydrogen (secondary N) is 1. The Balaban J connectivity index is 1.95. The fourth-order valence-electron chi connectivity index (χ4n) is 2.00.